The monoisotopic (exact) mass is 393 g/mol. The zero-order valence-electron chi connectivity index (χ0n) is 15.2. The Balaban J connectivity index is 1.67. The van der Waals surface area contributed by atoms with Crippen molar-refractivity contribution in [1.82, 2.24) is 10.7 Å². The number of benzene rings is 3. The fourth-order valence-corrected chi connectivity index (χ4v) is 2.55. The third-order valence-electron chi connectivity index (χ3n) is 3.98. The Morgan fingerprint density at radius 3 is 1.90 bits per heavy atom. The van der Waals surface area contributed by atoms with Gasteiger partial charge in [0.2, 0.25) is 0 Å². The lowest BCUT2D eigenvalue weighted by atomic mass is 10.0. The standard InChI is InChI=1S/C22H17F2N3O2/c23-18-12-11-17(13-19(18)24)22(29)25-14-20(28)26-27-21(15-7-3-1-4-8-15)16-9-5-2-6-10-16/h1-13H,14H2,(H,25,29)(H,26,28). The smallest absolute Gasteiger partial charge is 0.259 e. The molecule has 0 radical (unpaired) electrons. The van der Waals surface area contributed by atoms with Crippen LogP contribution in [0.4, 0.5) is 8.78 Å². The molecule has 0 saturated heterocycles. The van der Waals surface area contributed by atoms with E-state index in [-0.39, 0.29) is 12.1 Å². The van der Waals surface area contributed by atoms with Gasteiger partial charge in [-0.05, 0) is 18.2 Å². The Hall–Kier alpha value is -3.87. The van der Waals surface area contributed by atoms with Gasteiger partial charge in [0, 0.05) is 16.7 Å². The second kappa shape index (κ2) is 9.36. The van der Waals surface area contributed by atoms with Crippen LogP contribution < -0.4 is 10.7 Å². The number of nitrogens with zero attached hydrogens (tertiary/aromatic N) is 1. The topological polar surface area (TPSA) is 70.6 Å². The molecule has 0 atom stereocenters. The summed E-state index contributed by atoms with van der Waals surface area (Å²) in [6.45, 7) is -0.377. The van der Waals surface area contributed by atoms with E-state index in [4.69, 9.17) is 0 Å². The third-order valence-corrected chi connectivity index (χ3v) is 3.98. The molecule has 0 aliphatic rings. The highest BCUT2D eigenvalue weighted by molar-refractivity contribution is 6.13. The summed E-state index contributed by atoms with van der Waals surface area (Å²) in [4.78, 5) is 24.1. The summed E-state index contributed by atoms with van der Waals surface area (Å²) in [7, 11) is 0. The first-order valence-corrected chi connectivity index (χ1v) is 8.75. The highest BCUT2D eigenvalue weighted by atomic mass is 19.2. The molecule has 29 heavy (non-hydrogen) atoms. The van der Waals surface area contributed by atoms with Crippen molar-refractivity contribution in [3.05, 3.63) is 107 Å². The molecule has 3 aromatic carbocycles. The van der Waals surface area contributed by atoms with Crippen LogP contribution in [-0.4, -0.2) is 24.1 Å². The average molecular weight is 393 g/mol. The van der Waals surface area contributed by atoms with E-state index in [1.165, 1.54) is 0 Å². The normalized spacial score (nSPS) is 10.1. The van der Waals surface area contributed by atoms with E-state index in [0.717, 1.165) is 29.3 Å². The maximum Gasteiger partial charge on any atom is 0.259 e. The second-order valence-corrected chi connectivity index (χ2v) is 6.04. The average Bonchev–Trinajstić information content (AvgIpc) is 2.75. The molecule has 0 aliphatic carbocycles. The number of nitrogens with one attached hydrogen (secondary N) is 2. The Morgan fingerprint density at radius 2 is 1.34 bits per heavy atom. The number of rotatable bonds is 6. The highest BCUT2D eigenvalue weighted by Gasteiger charge is 2.12. The molecule has 3 rings (SSSR count). The molecule has 0 heterocycles. The first-order chi connectivity index (χ1) is 14.0. The SMILES string of the molecule is O=C(CNC(=O)c1ccc(F)c(F)c1)NN=C(c1ccccc1)c1ccccc1. The van der Waals surface area contributed by atoms with Gasteiger partial charge in [-0.3, -0.25) is 9.59 Å². The molecule has 2 amide bonds. The zero-order chi connectivity index (χ0) is 20.6. The van der Waals surface area contributed by atoms with E-state index in [1.54, 1.807) is 0 Å². The summed E-state index contributed by atoms with van der Waals surface area (Å²) in [5.41, 5.74) is 4.50. The van der Waals surface area contributed by atoms with Crippen molar-refractivity contribution < 1.29 is 18.4 Å². The minimum absolute atomic E-state index is 0.0885. The summed E-state index contributed by atoms with van der Waals surface area (Å²) >= 11 is 0. The number of halogens is 2. The minimum atomic E-state index is -1.14. The van der Waals surface area contributed by atoms with Gasteiger partial charge in [-0.15, -0.1) is 0 Å². The number of hydrazone groups is 1. The Bertz CT molecular complexity index is 997. The van der Waals surface area contributed by atoms with Crippen LogP contribution >= 0.6 is 0 Å². The molecule has 0 spiro atoms. The number of hydrogen-bond acceptors (Lipinski definition) is 3. The molecule has 3 aromatic rings. The third kappa shape index (κ3) is 5.32. The lowest BCUT2D eigenvalue weighted by Crippen LogP contribution is -2.35. The zero-order valence-corrected chi connectivity index (χ0v) is 15.2. The first-order valence-electron chi connectivity index (χ1n) is 8.75. The van der Waals surface area contributed by atoms with Gasteiger partial charge in [0.1, 0.15) is 0 Å². The molecule has 2 N–H and O–H groups in total. The van der Waals surface area contributed by atoms with Crippen molar-refractivity contribution in [2.75, 3.05) is 6.54 Å². The van der Waals surface area contributed by atoms with E-state index in [2.05, 4.69) is 15.8 Å². The maximum atomic E-state index is 13.2. The lowest BCUT2D eigenvalue weighted by molar-refractivity contribution is -0.120. The lowest BCUT2D eigenvalue weighted by Gasteiger charge is -2.09. The van der Waals surface area contributed by atoms with Gasteiger partial charge in [0.05, 0.1) is 12.3 Å². The molecule has 0 bridgehead atoms. The maximum absolute atomic E-state index is 13.2. The van der Waals surface area contributed by atoms with Crippen LogP contribution in [-0.2, 0) is 4.79 Å². The predicted molar refractivity (Wildman–Crippen MR) is 105 cm³/mol. The first kappa shape index (κ1) is 19.9. The second-order valence-electron chi connectivity index (χ2n) is 6.04. The fourth-order valence-electron chi connectivity index (χ4n) is 2.55. The van der Waals surface area contributed by atoms with Gasteiger partial charge in [0.15, 0.2) is 11.6 Å². The summed E-state index contributed by atoms with van der Waals surface area (Å²) in [5.74, 6) is -3.45. The van der Waals surface area contributed by atoms with Crippen molar-refractivity contribution in [3.63, 3.8) is 0 Å². The van der Waals surface area contributed by atoms with Crippen LogP contribution in [0.3, 0.4) is 0 Å². The summed E-state index contributed by atoms with van der Waals surface area (Å²) < 4.78 is 26.2. The molecular formula is C22H17F2N3O2. The van der Waals surface area contributed by atoms with Crippen molar-refractivity contribution in [3.8, 4) is 0 Å². The summed E-state index contributed by atoms with van der Waals surface area (Å²) in [6.07, 6.45) is 0. The van der Waals surface area contributed by atoms with Gasteiger partial charge in [-0.1, -0.05) is 60.7 Å². The Kier molecular flexibility index (Phi) is 6.42. The van der Waals surface area contributed by atoms with Crippen LogP contribution in [0.1, 0.15) is 21.5 Å². The Morgan fingerprint density at radius 1 is 0.759 bits per heavy atom. The molecule has 5 nitrogen and oxygen atoms in total. The van der Waals surface area contributed by atoms with Crippen LogP contribution in [0.5, 0.6) is 0 Å². The molecule has 0 aromatic heterocycles. The number of carbonyl (C=O) groups is 2. The van der Waals surface area contributed by atoms with Crippen LogP contribution in [0.25, 0.3) is 0 Å². The van der Waals surface area contributed by atoms with Gasteiger partial charge >= 0.3 is 0 Å². The largest absolute Gasteiger partial charge is 0.343 e. The minimum Gasteiger partial charge on any atom is -0.343 e. The van der Waals surface area contributed by atoms with E-state index in [0.29, 0.717) is 5.71 Å². The van der Waals surface area contributed by atoms with Crippen LogP contribution in [0.2, 0.25) is 0 Å². The molecule has 0 saturated carbocycles. The van der Waals surface area contributed by atoms with Gasteiger partial charge in [-0.2, -0.15) is 5.10 Å². The van der Waals surface area contributed by atoms with Crippen molar-refractivity contribution in [2.45, 2.75) is 0 Å². The number of hydrogen-bond donors (Lipinski definition) is 2. The molecular weight excluding hydrogens is 376 g/mol. The van der Waals surface area contributed by atoms with E-state index in [1.807, 2.05) is 60.7 Å². The van der Waals surface area contributed by atoms with Gasteiger partial charge < -0.3 is 5.32 Å². The van der Waals surface area contributed by atoms with E-state index in [9.17, 15) is 18.4 Å². The molecule has 146 valence electrons. The molecule has 7 heteroatoms. The van der Waals surface area contributed by atoms with Crippen molar-refractivity contribution >= 4 is 17.5 Å². The summed E-state index contributed by atoms with van der Waals surface area (Å²) in [5, 5.41) is 6.54. The molecule has 0 aliphatic heterocycles. The number of carbonyl (C=O) groups excluding carboxylic acids is 2. The highest BCUT2D eigenvalue weighted by Crippen LogP contribution is 2.10. The molecule has 0 unspecified atom stereocenters. The summed E-state index contributed by atoms with van der Waals surface area (Å²) in [6, 6.07) is 21.4. The van der Waals surface area contributed by atoms with Crippen molar-refractivity contribution in [2.24, 2.45) is 5.10 Å². The fraction of sp³-hybridized carbons (Fsp3) is 0.0455. The van der Waals surface area contributed by atoms with Crippen molar-refractivity contribution in [1.29, 1.82) is 0 Å². The Labute approximate surface area is 166 Å². The van der Waals surface area contributed by atoms with Crippen LogP contribution in [0, 0.1) is 11.6 Å². The van der Waals surface area contributed by atoms with Gasteiger partial charge in [-0.25, -0.2) is 14.2 Å². The van der Waals surface area contributed by atoms with E-state index < -0.39 is 23.4 Å². The number of amides is 2. The van der Waals surface area contributed by atoms with E-state index >= 15 is 0 Å². The molecule has 0 fully saturated rings. The van der Waals surface area contributed by atoms with Crippen LogP contribution in [0.15, 0.2) is 84.0 Å². The quantitative estimate of drug-likeness (QED) is 0.499. The predicted octanol–water partition coefficient (Wildman–Crippen LogP) is 3.26. The van der Waals surface area contributed by atoms with Gasteiger partial charge in [0.25, 0.3) is 11.8 Å².